The van der Waals surface area contributed by atoms with E-state index in [1.54, 1.807) is 0 Å². The largest absolute Gasteiger partial charge is 0.415 e. The van der Waals surface area contributed by atoms with E-state index in [1.807, 2.05) is 13.8 Å². The predicted octanol–water partition coefficient (Wildman–Crippen LogP) is 1.55. The second kappa shape index (κ2) is 5.44. The molecule has 2 nitrogen and oxygen atoms in total. The molecule has 0 aromatic heterocycles. The lowest BCUT2D eigenvalue weighted by Gasteiger charge is -2.16. The van der Waals surface area contributed by atoms with E-state index >= 15 is 0 Å². The van der Waals surface area contributed by atoms with E-state index < -0.39 is 18.8 Å². The zero-order chi connectivity index (χ0) is 10.5. The summed E-state index contributed by atoms with van der Waals surface area (Å²) < 4.78 is 35.3. The summed E-state index contributed by atoms with van der Waals surface area (Å²) >= 11 is 0. The van der Waals surface area contributed by atoms with Gasteiger partial charge in [0.2, 0.25) is 0 Å². The molecule has 0 aromatic rings. The molecule has 2 unspecified atom stereocenters. The van der Waals surface area contributed by atoms with Crippen molar-refractivity contribution in [1.82, 2.24) is 5.32 Å². The van der Waals surface area contributed by atoms with Crippen LogP contribution in [0.1, 0.15) is 20.3 Å². The number of aliphatic hydroxyl groups excluding tert-OH is 1. The van der Waals surface area contributed by atoms with Crippen molar-refractivity contribution in [3.63, 3.8) is 0 Å². The molecule has 5 heteroatoms. The molecule has 2 N–H and O–H groups in total. The molecule has 0 heterocycles. The van der Waals surface area contributed by atoms with Gasteiger partial charge in [0.1, 0.15) is 0 Å². The summed E-state index contributed by atoms with van der Waals surface area (Å²) in [6.45, 7) is 3.98. The Labute approximate surface area is 76.1 Å². The van der Waals surface area contributed by atoms with Gasteiger partial charge in [-0.05, 0) is 12.5 Å². The van der Waals surface area contributed by atoms with Crippen molar-refractivity contribution in [2.24, 2.45) is 5.92 Å². The number of hydrogen-bond donors (Lipinski definition) is 2. The molecule has 0 radical (unpaired) electrons. The second-order valence-corrected chi connectivity index (χ2v) is 3.23. The van der Waals surface area contributed by atoms with Crippen LogP contribution in [-0.4, -0.2) is 30.5 Å². The molecule has 0 fully saturated rings. The SMILES string of the molecule is CCC(C)CNCC(O)C(F)(F)F. The lowest BCUT2D eigenvalue weighted by molar-refractivity contribution is -0.201. The Hall–Kier alpha value is -0.290. The van der Waals surface area contributed by atoms with Gasteiger partial charge in [0.15, 0.2) is 6.10 Å². The topological polar surface area (TPSA) is 32.3 Å². The smallest absolute Gasteiger partial charge is 0.382 e. The summed E-state index contributed by atoms with van der Waals surface area (Å²) in [7, 11) is 0. The van der Waals surface area contributed by atoms with Crippen LogP contribution in [0.5, 0.6) is 0 Å². The van der Waals surface area contributed by atoms with Crippen LogP contribution >= 0.6 is 0 Å². The van der Waals surface area contributed by atoms with Crippen molar-refractivity contribution >= 4 is 0 Å². The first-order valence-corrected chi connectivity index (χ1v) is 4.33. The highest BCUT2D eigenvalue weighted by molar-refractivity contribution is 4.68. The Kier molecular flexibility index (Phi) is 5.32. The molecule has 0 aliphatic rings. The van der Waals surface area contributed by atoms with Crippen molar-refractivity contribution in [2.45, 2.75) is 32.5 Å². The molecular formula is C8H16F3NO. The van der Waals surface area contributed by atoms with Crippen LogP contribution < -0.4 is 5.32 Å². The van der Waals surface area contributed by atoms with E-state index in [1.165, 1.54) is 0 Å². The summed E-state index contributed by atoms with van der Waals surface area (Å²) in [4.78, 5) is 0. The van der Waals surface area contributed by atoms with Crippen LogP contribution in [0.15, 0.2) is 0 Å². The highest BCUT2D eigenvalue weighted by Gasteiger charge is 2.37. The standard InChI is InChI=1S/C8H16F3NO/c1-3-6(2)4-12-5-7(13)8(9,10)11/h6-7,12-13H,3-5H2,1-2H3. The minimum Gasteiger partial charge on any atom is -0.382 e. The first-order valence-electron chi connectivity index (χ1n) is 4.33. The molecule has 0 amide bonds. The van der Waals surface area contributed by atoms with Crippen molar-refractivity contribution in [3.8, 4) is 0 Å². The van der Waals surface area contributed by atoms with Gasteiger partial charge in [-0.3, -0.25) is 0 Å². The third-order valence-electron chi connectivity index (χ3n) is 1.91. The van der Waals surface area contributed by atoms with Crippen LogP contribution in [0.4, 0.5) is 13.2 Å². The quantitative estimate of drug-likeness (QED) is 0.704. The number of hydrogen-bond acceptors (Lipinski definition) is 2. The third-order valence-corrected chi connectivity index (χ3v) is 1.91. The Bertz CT molecular complexity index is 138. The van der Waals surface area contributed by atoms with Crippen LogP contribution in [-0.2, 0) is 0 Å². The van der Waals surface area contributed by atoms with E-state index in [0.717, 1.165) is 6.42 Å². The average Bonchev–Trinajstić information content (AvgIpc) is 2.02. The lowest BCUT2D eigenvalue weighted by Crippen LogP contribution is -2.39. The molecule has 0 aromatic carbocycles. The number of rotatable bonds is 5. The van der Waals surface area contributed by atoms with Crippen molar-refractivity contribution in [2.75, 3.05) is 13.1 Å². The van der Waals surface area contributed by atoms with Gasteiger partial charge in [0.05, 0.1) is 0 Å². The fourth-order valence-electron chi connectivity index (χ4n) is 0.727. The fraction of sp³-hybridized carbons (Fsp3) is 1.00. The highest BCUT2D eigenvalue weighted by Crippen LogP contribution is 2.19. The summed E-state index contributed by atoms with van der Waals surface area (Å²) in [5.41, 5.74) is 0. The molecule has 0 aliphatic carbocycles. The van der Waals surface area contributed by atoms with Crippen molar-refractivity contribution in [3.05, 3.63) is 0 Å². The first-order chi connectivity index (χ1) is 5.88. The maximum Gasteiger partial charge on any atom is 0.415 e. The highest BCUT2D eigenvalue weighted by atomic mass is 19.4. The maximum atomic E-state index is 11.8. The van der Waals surface area contributed by atoms with E-state index in [4.69, 9.17) is 5.11 Å². The number of nitrogens with one attached hydrogen (secondary N) is 1. The molecule has 0 aliphatic heterocycles. The molecule has 80 valence electrons. The van der Waals surface area contributed by atoms with Crippen LogP contribution in [0.3, 0.4) is 0 Å². The van der Waals surface area contributed by atoms with E-state index in [-0.39, 0.29) is 0 Å². The maximum absolute atomic E-state index is 11.8. The van der Waals surface area contributed by atoms with Crippen LogP contribution in [0.25, 0.3) is 0 Å². The van der Waals surface area contributed by atoms with Gasteiger partial charge in [-0.15, -0.1) is 0 Å². The Morgan fingerprint density at radius 1 is 1.31 bits per heavy atom. The summed E-state index contributed by atoms with van der Waals surface area (Å²) in [5.74, 6) is 0.334. The van der Waals surface area contributed by atoms with Gasteiger partial charge in [-0.1, -0.05) is 20.3 Å². The monoisotopic (exact) mass is 199 g/mol. The molecule has 13 heavy (non-hydrogen) atoms. The zero-order valence-corrected chi connectivity index (χ0v) is 7.86. The zero-order valence-electron chi connectivity index (χ0n) is 7.86. The molecule has 0 rings (SSSR count). The van der Waals surface area contributed by atoms with Gasteiger partial charge in [0, 0.05) is 6.54 Å². The van der Waals surface area contributed by atoms with Crippen LogP contribution in [0, 0.1) is 5.92 Å². The normalized spacial score (nSPS) is 17.1. The lowest BCUT2D eigenvalue weighted by atomic mass is 10.1. The third kappa shape index (κ3) is 5.87. The Balaban J connectivity index is 3.54. The summed E-state index contributed by atoms with van der Waals surface area (Å²) in [6.07, 6.45) is -5.85. The van der Waals surface area contributed by atoms with Gasteiger partial charge in [-0.2, -0.15) is 13.2 Å². The average molecular weight is 199 g/mol. The minimum atomic E-state index is -4.51. The van der Waals surface area contributed by atoms with Crippen LogP contribution in [0.2, 0.25) is 0 Å². The Morgan fingerprint density at radius 3 is 2.23 bits per heavy atom. The summed E-state index contributed by atoms with van der Waals surface area (Å²) in [6, 6.07) is 0. The first kappa shape index (κ1) is 12.7. The van der Waals surface area contributed by atoms with E-state index in [0.29, 0.717) is 12.5 Å². The van der Waals surface area contributed by atoms with Gasteiger partial charge < -0.3 is 10.4 Å². The molecule has 0 spiro atoms. The molecule has 2 atom stereocenters. The number of halogens is 3. The van der Waals surface area contributed by atoms with Gasteiger partial charge in [-0.25, -0.2) is 0 Å². The van der Waals surface area contributed by atoms with E-state index in [9.17, 15) is 13.2 Å². The molecule has 0 bridgehead atoms. The van der Waals surface area contributed by atoms with Gasteiger partial charge in [0.25, 0.3) is 0 Å². The number of alkyl halides is 3. The molecule has 0 saturated carbocycles. The summed E-state index contributed by atoms with van der Waals surface area (Å²) in [5, 5.41) is 11.2. The Morgan fingerprint density at radius 2 is 1.85 bits per heavy atom. The second-order valence-electron chi connectivity index (χ2n) is 3.23. The van der Waals surface area contributed by atoms with Crippen molar-refractivity contribution in [1.29, 1.82) is 0 Å². The van der Waals surface area contributed by atoms with Crippen molar-refractivity contribution < 1.29 is 18.3 Å². The molecular weight excluding hydrogens is 183 g/mol. The predicted molar refractivity (Wildman–Crippen MR) is 44.4 cm³/mol. The van der Waals surface area contributed by atoms with Gasteiger partial charge >= 0.3 is 6.18 Å². The number of aliphatic hydroxyl groups is 1. The fourth-order valence-corrected chi connectivity index (χ4v) is 0.727. The van der Waals surface area contributed by atoms with E-state index in [2.05, 4.69) is 5.32 Å². The minimum absolute atomic E-state index is 0.334. The molecule has 0 saturated heterocycles.